The average Bonchev–Trinajstić information content (AvgIpc) is 2.98. The van der Waals surface area contributed by atoms with Crippen LogP contribution in [-0.4, -0.2) is 28.6 Å². The summed E-state index contributed by atoms with van der Waals surface area (Å²) < 4.78 is 12.0. The van der Waals surface area contributed by atoms with Gasteiger partial charge in [-0.2, -0.15) is 0 Å². The Labute approximate surface area is 118 Å². The van der Waals surface area contributed by atoms with Crippen molar-refractivity contribution in [3.05, 3.63) is 35.9 Å². The lowest BCUT2D eigenvalue weighted by atomic mass is 9.93. The quantitative estimate of drug-likeness (QED) is 0.922. The molecular formula is C16H20O4. The van der Waals surface area contributed by atoms with Gasteiger partial charge in [0.25, 0.3) is 0 Å². The van der Waals surface area contributed by atoms with E-state index in [1.54, 1.807) is 6.92 Å². The molecule has 1 aliphatic heterocycles. The summed E-state index contributed by atoms with van der Waals surface area (Å²) in [5.41, 5.74) is -0.191. The second-order valence-electron chi connectivity index (χ2n) is 5.93. The van der Waals surface area contributed by atoms with Crippen LogP contribution >= 0.6 is 0 Å². The molecule has 2 atom stereocenters. The van der Waals surface area contributed by atoms with E-state index >= 15 is 0 Å². The van der Waals surface area contributed by atoms with Crippen LogP contribution in [0.1, 0.15) is 38.2 Å². The van der Waals surface area contributed by atoms with Crippen LogP contribution in [-0.2, 0) is 20.7 Å². The Bertz CT molecular complexity index is 492. The number of benzene rings is 1. The van der Waals surface area contributed by atoms with Crippen LogP contribution in [0.2, 0.25) is 0 Å². The number of carboxylic acid groups (broad SMARTS) is 1. The van der Waals surface area contributed by atoms with Crippen molar-refractivity contribution >= 4 is 5.97 Å². The average molecular weight is 276 g/mol. The van der Waals surface area contributed by atoms with Gasteiger partial charge in [-0.05, 0) is 25.3 Å². The molecule has 20 heavy (non-hydrogen) atoms. The van der Waals surface area contributed by atoms with Crippen molar-refractivity contribution in [3.8, 4) is 0 Å². The molecule has 1 aromatic rings. The third-order valence-electron chi connectivity index (χ3n) is 4.42. The highest BCUT2D eigenvalue weighted by Crippen LogP contribution is 2.47. The van der Waals surface area contributed by atoms with Crippen LogP contribution in [0.5, 0.6) is 0 Å². The van der Waals surface area contributed by atoms with Gasteiger partial charge in [0.2, 0.25) is 0 Å². The summed E-state index contributed by atoms with van der Waals surface area (Å²) in [5.74, 6) is -1.62. The van der Waals surface area contributed by atoms with Crippen LogP contribution < -0.4 is 0 Å². The number of carbonyl (C=O) groups is 1. The van der Waals surface area contributed by atoms with Crippen molar-refractivity contribution in [2.45, 2.75) is 56.5 Å². The van der Waals surface area contributed by atoms with E-state index in [0.29, 0.717) is 6.42 Å². The van der Waals surface area contributed by atoms with Crippen LogP contribution in [0.3, 0.4) is 0 Å². The predicted molar refractivity (Wildman–Crippen MR) is 73.3 cm³/mol. The van der Waals surface area contributed by atoms with Gasteiger partial charge >= 0.3 is 5.97 Å². The molecule has 1 aliphatic carbocycles. The zero-order valence-electron chi connectivity index (χ0n) is 11.7. The molecule has 1 spiro atoms. The van der Waals surface area contributed by atoms with Gasteiger partial charge in [-0.15, -0.1) is 0 Å². The lowest BCUT2D eigenvalue weighted by molar-refractivity contribution is -0.194. The summed E-state index contributed by atoms with van der Waals surface area (Å²) in [6.07, 6.45) is 3.77. The molecular weight excluding hydrogens is 256 g/mol. The molecule has 1 aromatic carbocycles. The third-order valence-corrected chi connectivity index (χ3v) is 4.42. The van der Waals surface area contributed by atoms with Crippen molar-refractivity contribution in [1.82, 2.24) is 0 Å². The fraction of sp³-hybridized carbons (Fsp3) is 0.562. The third kappa shape index (κ3) is 2.23. The Kier molecular flexibility index (Phi) is 3.30. The molecule has 2 aliphatic rings. The van der Waals surface area contributed by atoms with E-state index in [0.717, 1.165) is 31.2 Å². The highest BCUT2D eigenvalue weighted by Gasteiger charge is 2.59. The Hall–Kier alpha value is -1.39. The fourth-order valence-corrected chi connectivity index (χ4v) is 3.23. The molecule has 0 unspecified atom stereocenters. The number of aliphatic carboxylic acids is 1. The maximum absolute atomic E-state index is 11.7. The molecule has 1 saturated carbocycles. The Balaban J connectivity index is 1.85. The van der Waals surface area contributed by atoms with E-state index in [1.165, 1.54) is 0 Å². The molecule has 4 heteroatoms. The second-order valence-corrected chi connectivity index (χ2v) is 5.93. The summed E-state index contributed by atoms with van der Waals surface area (Å²) >= 11 is 0. The monoisotopic (exact) mass is 276 g/mol. The summed E-state index contributed by atoms with van der Waals surface area (Å²) in [5, 5.41) is 9.56. The zero-order valence-corrected chi connectivity index (χ0v) is 11.7. The molecule has 3 rings (SSSR count). The smallest absolute Gasteiger partial charge is 0.338 e. The molecule has 1 N–H and O–H groups in total. The molecule has 0 radical (unpaired) electrons. The maximum Gasteiger partial charge on any atom is 0.338 e. The molecule has 1 saturated heterocycles. The number of carboxylic acids is 1. The van der Waals surface area contributed by atoms with Crippen LogP contribution in [0.25, 0.3) is 0 Å². The summed E-state index contributed by atoms with van der Waals surface area (Å²) in [6.45, 7) is 1.63. The first-order valence-electron chi connectivity index (χ1n) is 7.19. The summed E-state index contributed by atoms with van der Waals surface area (Å²) in [6, 6.07) is 9.84. The first-order valence-corrected chi connectivity index (χ1v) is 7.19. The highest BCUT2D eigenvalue weighted by atomic mass is 16.8. The van der Waals surface area contributed by atoms with Crippen molar-refractivity contribution in [2.75, 3.05) is 0 Å². The lowest BCUT2D eigenvalue weighted by Gasteiger charge is -2.25. The topological polar surface area (TPSA) is 55.8 Å². The summed E-state index contributed by atoms with van der Waals surface area (Å²) in [7, 11) is 0. The van der Waals surface area contributed by atoms with Gasteiger partial charge in [0, 0.05) is 19.3 Å². The van der Waals surface area contributed by atoms with Gasteiger partial charge in [-0.1, -0.05) is 30.3 Å². The van der Waals surface area contributed by atoms with Crippen molar-refractivity contribution in [2.24, 2.45) is 0 Å². The normalized spacial score (nSPS) is 31.8. The molecule has 1 heterocycles. The molecule has 2 fully saturated rings. The van der Waals surface area contributed by atoms with E-state index in [1.807, 2.05) is 30.3 Å². The first kappa shape index (κ1) is 13.6. The van der Waals surface area contributed by atoms with Crippen LogP contribution in [0.4, 0.5) is 0 Å². The lowest BCUT2D eigenvalue weighted by Crippen LogP contribution is -2.46. The fourth-order valence-electron chi connectivity index (χ4n) is 3.23. The molecule has 0 bridgehead atoms. The number of rotatable bonds is 3. The Morgan fingerprint density at radius 1 is 1.30 bits per heavy atom. The van der Waals surface area contributed by atoms with Gasteiger partial charge in [0.1, 0.15) is 6.10 Å². The van der Waals surface area contributed by atoms with Gasteiger partial charge < -0.3 is 14.6 Å². The standard InChI is InChI=1S/C16H20O4/c1-15(14(17)18)13(11-12-7-3-2-4-8-12)19-16(20-15)9-5-6-10-16/h2-4,7-8,13H,5-6,9-11H2,1H3,(H,17,18)/t13-,15+/m0/s1. The summed E-state index contributed by atoms with van der Waals surface area (Å²) in [4.78, 5) is 11.7. The molecule has 4 nitrogen and oxygen atoms in total. The predicted octanol–water partition coefficient (Wildman–Crippen LogP) is 2.76. The van der Waals surface area contributed by atoms with E-state index in [9.17, 15) is 9.90 Å². The van der Waals surface area contributed by atoms with Gasteiger partial charge in [0.15, 0.2) is 11.4 Å². The minimum absolute atomic E-state index is 0.444. The van der Waals surface area contributed by atoms with Crippen LogP contribution in [0.15, 0.2) is 30.3 Å². The van der Waals surface area contributed by atoms with Crippen LogP contribution in [0, 0.1) is 0 Å². The van der Waals surface area contributed by atoms with E-state index in [4.69, 9.17) is 9.47 Å². The van der Waals surface area contributed by atoms with Crippen molar-refractivity contribution in [3.63, 3.8) is 0 Å². The minimum atomic E-state index is -1.26. The Morgan fingerprint density at radius 3 is 2.55 bits per heavy atom. The Morgan fingerprint density at radius 2 is 1.95 bits per heavy atom. The highest BCUT2D eigenvalue weighted by molar-refractivity contribution is 5.78. The molecule has 108 valence electrons. The number of ether oxygens (including phenoxy) is 2. The second kappa shape index (κ2) is 4.86. The van der Waals surface area contributed by atoms with Gasteiger partial charge in [-0.3, -0.25) is 0 Å². The van der Waals surface area contributed by atoms with E-state index in [2.05, 4.69) is 0 Å². The molecule has 0 aromatic heterocycles. The van der Waals surface area contributed by atoms with Crippen molar-refractivity contribution < 1.29 is 19.4 Å². The van der Waals surface area contributed by atoms with Gasteiger partial charge in [-0.25, -0.2) is 4.79 Å². The zero-order chi connectivity index (χ0) is 14.2. The van der Waals surface area contributed by atoms with Crippen molar-refractivity contribution in [1.29, 1.82) is 0 Å². The number of hydrogen-bond donors (Lipinski definition) is 1. The van der Waals surface area contributed by atoms with E-state index in [-0.39, 0.29) is 0 Å². The maximum atomic E-state index is 11.7. The SMILES string of the molecule is C[C@@]1(C(=O)O)OC2(CCCC2)O[C@H]1Cc1ccccc1. The molecule has 0 amide bonds. The van der Waals surface area contributed by atoms with Gasteiger partial charge in [0.05, 0.1) is 0 Å². The van der Waals surface area contributed by atoms with E-state index < -0.39 is 23.5 Å². The number of hydrogen-bond acceptors (Lipinski definition) is 3. The first-order chi connectivity index (χ1) is 9.54. The largest absolute Gasteiger partial charge is 0.479 e. The minimum Gasteiger partial charge on any atom is -0.479 e.